The van der Waals surface area contributed by atoms with E-state index in [2.05, 4.69) is 26.8 Å². The van der Waals surface area contributed by atoms with Crippen LogP contribution in [0.3, 0.4) is 0 Å². The molecule has 0 saturated heterocycles. The highest BCUT2D eigenvalue weighted by atomic mass is 16.1. The predicted octanol–water partition coefficient (Wildman–Crippen LogP) is 5.04. The lowest BCUT2D eigenvalue weighted by Crippen LogP contribution is -2.32. The van der Waals surface area contributed by atoms with Gasteiger partial charge in [0.2, 0.25) is 0 Å². The molecule has 1 heteroatoms. The third kappa shape index (κ3) is 2.02. The Hall–Kier alpha value is -1.63. The van der Waals surface area contributed by atoms with Crippen molar-refractivity contribution in [2.45, 2.75) is 40.5 Å². The highest BCUT2D eigenvalue weighted by Crippen LogP contribution is 2.65. The number of hydrogen-bond donors (Lipinski definition) is 0. The first kappa shape index (κ1) is 14.3. The normalized spacial score (nSPS) is 30.4. The van der Waals surface area contributed by atoms with Crippen LogP contribution in [0.1, 0.15) is 46.1 Å². The molecule has 21 heavy (non-hydrogen) atoms. The zero-order chi connectivity index (χ0) is 15.3. The first-order valence-corrected chi connectivity index (χ1v) is 7.86. The van der Waals surface area contributed by atoms with E-state index < -0.39 is 0 Å². The lowest BCUT2D eigenvalue weighted by atomic mass is 9.66. The maximum absolute atomic E-state index is 12.9. The predicted molar refractivity (Wildman–Crippen MR) is 87.8 cm³/mol. The van der Waals surface area contributed by atoms with Crippen molar-refractivity contribution >= 4 is 11.9 Å². The van der Waals surface area contributed by atoms with Crippen molar-refractivity contribution in [3.05, 3.63) is 53.1 Å². The summed E-state index contributed by atoms with van der Waals surface area (Å²) in [5.41, 5.74) is 3.24. The van der Waals surface area contributed by atoms with Crippen molar-refractivity contribution in [2.24, 2.45) is 16.7 Å². The average Bonchev–Trinajstić information content (AvgIpc) is 2.80. The maximum atomic E-state index is 12.9. The lowest BCUT2D eigenvalue weighted by molar-refractivity contribution is -0.113. The highest BCUT2D eigenvalue weighted by molar-refractivity contribution is 6.11. The number of Topliss-reactive ketones (excluding diaryl/α,β-unsaturated/α-hetero) is 1. The quantitative estimate of drug-likeness (QED) is 0.709. The van der Waals surface area contributed by atoms with Gasteiger partial charge in [0.15, 0.2) is 5.78 Å². The van der Waals surface area contributed by atoms with Gasteiger partial charge in [-0.15, -0.1) is 0 Å². The van der Waals surface area contributed by atoms with Crippen molar-refractivity contribution in [2.75, 3.05) is 0 Å². The summed E-state index contributed by atoms with van der Waals surface area (Å²) in [6, 6.07) is 10.1. The number of allylic oxidation sites excluding steroid dienone is 3. The zero-order valence-electron chi connectivity index (χ0n) is 13.4. The molecule has 2 aliphatic carbocycles. The molecule has 0 aromatic heterocycles. The van der Waals surface area contributed by atoms with E-state index in [1.807, 2.05) is 43.3 Å². The molecule has 0 aliphatic heterocycles. The van der Waals surface area contributed by atoms with Crippen molar-refractivity contribution in [3.8, 4) is 0 Å². The van der Waals surface area contributed by atoms with Crippen molar-refractivity contribution in [1.82, 2.24) is 0 Å². The van der Waals surface area contributed by atoms with E-state index in [0.29, 0.717) is 5.92 Å². The minimum Gasteiger partial charge on any atom is -0.289 e. The number of rotatable bonds is 3. The summed E-state index contributed by atoms with van der Waals surface area (Å²) < 4.78 is 0. The number of ketones is 1. The van der Waals surface area contributed by atoms with Gasteiger partial charge in [-0.2, -0.15) is 0 Å². The highest BCUT2D eigenvalue weighted by Gasteiger charge is 2.58. The molecule has 1 aromatic rings. The van der Waals surface area contributed by atoms with Gasteiger partial charge in [-0.05, 0) is 48.3 Å². The van der Waals surface area contributed by atoms with E-state index >= 15 is 0 Å². The Labute approximate surface area is 127 Å². The molecular weight excluding hydrogens is 256 g/mol. The Bertz CT molecular complexity index is 633. The van der Waals surface area contributed by atoms with Gasteiger partial charge in [-0.3, -0.25) is 4.79 Å². The van der Waals surface area contributed by atoms with Gasteiger partial charge < -0.3 is 0 Å². The van der Waals surface area contributed by atoms with Crippen LogP contribution in [-0.2, 0) is 4.79 Å². The molecule has 0 unspecified atom stereocenters. The van der Waals surface area contributed by atoms with Crippen molar-refractivity contribution in [3.63, 3.8) is 0 Å². The summed E-state index contributed by atoms with van der Waals surface area (Å²) in [4.78, 5) is 12.9. The van der Waals surface area contributed by atoms with Gasteiger partial charge >= 0.3 is 0 Å². The number of fused-ring (bicyclic) bond motifs is 2. The fraction of sp³-hybridized carbons (Fsp3) is 0.450. The second-order valence-corrected chi connectivity index (χ2v) is 7.35. The molecular formula is C20H24O. The van der Waals surface area contributed by atoms with Crippen LogP contribution in [0.5, 0.6) is 0 Å². The first-order valence-electron chi connectivity index (χ1n) is 7.86. The monoisotopic (exact) mass is 280 g/mol. The number of carbonyl (C=O) groups is 1. The smallest absolute Gasteiger partial charge is 0.184 e. The third-order valence-electron chi connectivity index (χ3n) is 6.05. The summed E-state index contributed by atoms with van der Waals surface area (Å²) in [7, 11) is 0. The Morgan fingerprint density at radius 3 is 2.38 bits per heavy atom. The molecule has 2 bridgehead atoms. The minimum absolute atomic E-state index is 0.0422. The SMILES string of the molecule is C/C(=C\c1ccccc1)C(=O)C1=C[C@H]2CC[C@]1(C)C2(C)C. The summed E-state index contributed by atoms with van der Waals surface area (Å²) >= 11 is 0. The van der Waals surface area contributed by atoms with Gasteiger partial charge in [0.1, 0.15) is 0 Å². The van der Waals surface area contributed by atoms with E-state index in [0.717, 1.165) is 23.1 Å². The number of benzene rings is 1. The molecule has 110 valence electrons. The van der Waals surface area contributed by atoms with Crippen molar-refractivity contribution in [1.29, 1.82) is 0 Å². The van der Waals surface area contributed by atoms with Crippen LogP contribution in [0.15, 0.2) is 47.6 Å². The molecule has 0 amide bonds. The fourth-order valence-electron chi connectivity index (χ4n) is 4.10. The number of carbonyl (C=O) groups excluding carboxylic acids is 1. The Morgan fingerprint density at radius 1 is 1.19 bits per heavy atom. The molecule has 2 aliphatic rings. The molecule has 1 aromatic carbocycles. The molecule has 1 saturated carbocycles. The summed E-state index contributed by atoms with van der Waals surface area (Å²) in [5, 5.41) is 0. The third-order valence-corrected chi connectivity index (χ3v) is 6.05. The second kappa shape index (κ2) is 4.69. The molecule has 0 spiro atoms. The Morgan fingerprint density at radius 2 is 1.86 bits per heavy atom. The molecule has 0 heterocycles. The van der Waals surface area contributed by atoms with Gasteiger partial charge in [0, 0.05) is 11.0 Å². The fourth-order valence-corrected chi connectivity index (χ4v) is 4.10. The Kier molecular flexibility index (Phi) is 3.20. The van der Waals surface area contributed by atoms with E-state index in [-0.39, 0.29) is 16.6 Å². The van der Waals surface area contributed by atoms with Gasteiger partial charge in [0.25, 0.3) is 0 Å². The van der Waals surface area contributed by atoms with E-state index in [1.54, 1.807) is 0 Å². The van der Waals surface area contributed by atoms with Gasteiger partial charge in [-0.1, -0.05) is 57.2 Å². The summed E-state index contributed by atoms with van der Waals surface area (Å²) in [6.45, 7) is 8.85. The van der Waals surface area contributed by atoms with Crippen LogP contribution in [0.2, 0.25) is 0 Å². The van der Waals surface area contributed by atoms with Gasteiger partial charge in [0.05, 0.1) is 0 Å². The van der Waals surface area contributed by atoms with Crippen LogP contribution in [0, 0.1) is 16.7 Å². The summed E-state index contributed by atoms with van der Waals surface area (Å²) in [5.74, 6) is 0.794. The van der Waals surface area contributed by atoms with E-state index in [9.17, 15) is 4.79 Å². The largest absolute Gasteiger partial charge is 0.289 e. The standard InChI is InChI=1S/C20H24O/c1-14(12-15-8-6-5-7-9-15)18(21)17-13-16-10-11-20(17,4)19(16,2)3/h5-9,12-13,16H,10-11H2,1-4H3/b14-12+/t16-,20+/m1/s1. The average molecular weight is 280 g/mol. The van der Waals surface area contributed by atoms with Crippen LogP contribution >= 0.6 is 0 Å². The maximum Gasteiger partial charge on any atom is 0.184 e. The number of hydrogen-bond acceptors (Lipinski definition) is 1. The molecule has 1 fully saturated rings. The van der Waals surface area contributed by atoms with Crippen LogP contribution in [-0.4, -0.2) is 5.78 Å². The van der Waals surface area contributed by atoms with Crippen LogP contribution in [0.4, 0.5) is 0 Å². The topological polar surface area (TPSA) is 17.1 Å². The lowest BCUT2D eigenvalue weighted by Gasteiger charge is -2.37. The Balaban J connectivity index is 1.91. The summed E-state index contributed by atoms with van der Waals surface area (Å²) in [6.07, 6.45) is 6.63. The van der Waals surface area contributed by atoms with E-state index in [4.69, 9.17) is 0 Å². The molecule has 0 radical (unpaired) electrons. The molecule has 0 N–H and O–H groups in total. The first-order chi connectivity index (χ1) is 9.86. The second-order valence-electron chi connectivity index (χ2n) is 7.35. The molecule has 1 nitrogen and oxygen atoms in total. The zero-order valence-corrected chi connectivity index (χ0v) is 13.4. The van der Waals surface area contributed by atoms with Crippen molar-refractivity contribution < 1.29 is 4.79 Å². The van der Waals surface area contributed by atoms with Crippen LogP contribution in [0.25, 0.3) is 6.08 Å². The van der Waals surface area contributed by atoms with Crippen LogP contribution < -0.4 is 0 Å². The molecule has 2 atom stereocenters. The van der Waals surface area contributed by atoms with Gasteiger partial charge in [-0.25, -0.2) is 0 Å². The molecule has 3 rings (SSSR count). The minimum atomic E-state index is 0.0422. The van der Waals surface area contributed by atoms with E-state index in [1.165, 1.54) is 6.42 Å².